The molecule has 2 aromatic rings. The zero-order valence-electron chi connectivity index (χ0n) is 10.00. The molecule has 1 aromatic heterocycles. The molecule has 1 atom stereocenters. The monoisotopic (exact) mass is 378 g/mol. The minimum absolute atomic E-state index is 0.169. The van der Waals surface area contributed by atoms with Crippen molar-refractivity contribution in [3.05, 3.63) is 54.6 Å². The summed E-state index contributed by atoms with van der Waals surface area (Å²) >= 11 is 17.1. The second-order valence-corrected chi connectivity index (χ2v) is 6.98. The molecule has 102 valence electrons. The van der Waals surface area contributed by atoms with E-state index in [0.717, 1.165) is 22.9 Å². The topological polar surface area (TPSA) is 38.0 Å². The van der Waals surface area contributed by atoms with E-state index in [0.29, 0.717) is 10.0 Å². The standard InChI is InChI=1S/C13H13BrCl2N2S/c14-9-5-11(19-7-9)6-10(18-17)3-8-1-2-12(15)13(16)4-8/h1-2,4-5,7,10,18H,3,6,17H2. The van der Waals surface area contributed by atoms with Crippen LogP contribution in [0, 0.1) is 0 Å². The van der Waals surface area contributed by atoms with Crippen molar-refractivity contribution in [2.75, 3.05) is 0 Å². The minimum Gasteiger partial charge on any atom is -0.271 e. The first kappa shape index (κ1) is 15.3. The molecule has 0 radical (unpaired) electrons. The molecule has 1 unspecified atom stereocenters. The molecule has 1 aromatic carbocycles. The lowest BCUT2D eigenvalue weighted by Gasteiger charge is -2.15. The van der Waals surface area contributed by atoms with E-state index in [1.807, 2.05) is 18.2 Å². The molecule has 0 aliphatic carbocycles. The van der Waals surface area contributed by atoms with Crippen molar-refractivity contribution in [1.29, 1.82) is 0 Å². The molecule has 0 aliphatic heterocycles. The van der Waals surface area contributed by atoms with Gasteiger partial charge in [-0.05, 0) is 52.5 Å². The van der Waals surface area contributed by atoms with Crippen LogP contribution < -0.4 is 11.3 Å². The molecule has 1 heterocycles. The molecular weight excluding hydrogens is 367 g/mol. The predicted octanol–water partition coefficient (Wildman–Crippen LogP) is 4.43. The average molecular weight is 380 g/mol. The summed E-state index contributed by atoms with van der Waals surface area (Å²) in [4.78, 5) is 1.29. The van der Waals surface area contributed by atoms with Gasteiger partial charge < -0.3 is 0 Å². The SMILES string of the molecule is NNC(Cc1ccc(Cl)c(Cl)c1)Cc1cc(Br)cs1. The number of nitrogens with two attached hydrogens (primary N) is 1. The first-order valence-corrected chi connectivity index (χ1v) is 8.14. The summed E-state index contributed by atoms with van der Waals surface area (Å²) in [5, 5.41) is 3.22. The summed E-state index contributed by atoms with van der Waals surface area (Å²) in [6, 6.07) is 7.96. The van der Waals surface area contributed by atoms with E-state index in [4.69, 9.17) is 29.0 Å². The van der Waals surface area contributed by atoms with Gasteiger partial charge in [-0.3, -0.25) is 11.3 Å². The van der Waals surface area contributed by atoms with E-state index >= 15 is 0 Å². The molecule has 0 saturated heterocycles. The summed E-state index contributed by atoms with van der Waals surface area (Å²) in [6.45, 7) is 0. The number of rotatable bonds is 5. The number of nitrogens with one attached hydrogen (secondary N) is 1. The fourth-order valence-electron chi connectivity index (χ4n) is 1.84. The Bertz CT molecular complexity index is 559. The Morgan fingerprint density at radius 2 is 2.00 bits per heavy atom. The molecule has 0 saturated carbocycles. The molecule has 0 bridgehead atoms. The lowest BCUT2D eigenvalue weighted by molar-refractivity contribution is 0.525. The molecule has 0 aliphatic rings. The van der Waals surface area contributed by atoms with Crippen molar-refractivity contribution in [2.24, 2.45) is 5.84 Å². The van der Waals surface area contributed by atoms with Crippen molar-refractivity contribution in [3.63, 3.8) is 0 Å². The van der Waals surface area contributed by atoms with E-state index in [2.05, 4.69) is 32.8 Å². The van der Waals surface area contributed by atoms with E-state index in [9.17, 15) is 0 Å². The average Bonchev–Trinajstić information content (AvgIpc) is 2.78. The summed E-state index contributed by atoms with van der Waals surface area (Å²) in [6.07, 6.45) is 1.69. The summed E-state index contributed by atoms with van der Waals surface area (Å²) in [7, 11) is 0. The first-order valence-electron chi connectivity index (χ1n) is 5.71. The maximum Gasteiger partial charge on any atom is 0.0595 e. The van der Waals surface area contributed by atoms with Gasteiger partial charge in [-0.15, -0.1) is 11.3 Å². The van der Waals surface area contributed by atoms with Gasteiger partial charge in [0.15, 0.2) is 0 Å². The number of halogens is 3. The van der Waals surface area contributed by atoms with Crippen LogP contribution in [0.15, 0.2) is 34.1 Å². The van der Waals surface area contributed by atoms with Gasteiger partial charge in [0.05, 0.1) is 10.0 Å². The lowest BCUT2D eigenvalue weighted by Crippen LogP contribution is -2.38. The van der Waals surface area contributed by atoms with Crippen molar-refractivity contribution in [2.45, 2.75) is 18.9 Å². The van der Waals surface area contributed by atoms with Crippen LogP contribution in [0.3, 0.4) is 0 Å². The van der Waals surface area contributed by atoms with E-state index in [1.54, 1.807) is 11.3 Å². The molecule has 2 nitrogen and oxygen atoms in total. The lowest BCUT2D eigenvalue weighted by atomic mass is 10.0. The van der Waals surface area contributed by atoms with Crippen molar-refractivity contribution >= 4 is 50.5 Å². The third-order valence-corrected chi connectivity index (χ3v) is 5.23. The molecule has 19 heavy (non-hydrogen) atoms. The highest BCUT2D eigenvalue weighted by atomic mass is 79.9. The van der Waals surface area contributed by atoms with Gasteiger partial charge in [-0.2, -0.15) is 0 Å². The fraction of sp³-hybridized carbons (Fsp3) is 0.231. The van der Waals surface area contributed by atoms with Gasteiger partial charge in [0.1, 0.15) is 0 Å². The Balaban J connectivity index is 2.04. The molecular formula is C13H13BrCl2N2S. The van der Waals surface area contributed by atoms with Crippen LogP contribution in [0.1, 0.15) is 10.4 Å². The quantitative estimate of drug-likeness (QED) is 0.595. The number of hydrogen-bond acceptors (Lipinski definition) is 3. The molecule has 0 fully saturated rings. The Labute approximate surface area is 135 Å². The van der Waals surface area contributed by atoms with Crippen LogP contribution >= 0.6 is 50.5 Å². The van der Waals surface area contributed by atoms with E-state index < -0.39 is 0 Å². The maximum absolute atomic E-state index is 6.02. The van der Waals surface area contributed by atoms with E-state index in [-0.39, 0.29) is 6.04 Å². The molecule has 6 heteroatoms. The van der Waals surface area contributed by atoms with E-state index in [1.165, 1.54) is 4.88 Å². The zero-order chi connectivity index (χ0) is 13.8. The second-order valence-electron chi connectivity index (χ2n) is 4.25. The molecule has 0 spiro atoms. The third kappa shape index (κ3) is 4.45. The van der Waals surface area contributed by atoms with Crippen LogP contribution in [-0.2, 0) is 12.8 Å². The number of benzene rings is 1. The van der Waals surface area contributed by atoms with Crippen molar-refractivity contribution < 1.29 is 0 Å². The normalized spacial score (nSPS) is 12.6. The van der Waals surface area contributed by atoms with Gasteiger partial charge in [0, 0.05) is 20.8 Å². The maximum atomic E-state index is 6.02. The Hall–Kier alpha value is -0.100. The van der Waals surface area contributed by atoms with Crippen LogP contribution in [0.5, 0.6) is 0 Å². The van der Waals surface area contributed by atoms with Gasteiger partial charge >= 0.3 is 0 Å². The molecule has 2 rings (SSSR count). The zero-order valence-corrected chi connectivity index (χ0v) is 13.9. The van der Waals surface area contributed by atoms with Crippen LogP contribution in [0.4, 0.5) is 0 Å². The number of hydrazine groups is 1. The highest BCUT2D eigenvalue weighted by molar-refractivity contribution is 9.10. The predicted molar refractivity (Wildman–Crippen MR) is 87.0 cm³/mol. The van der Waals surface area contributed by atoms with Crippen LogP contribution in [0.25, 0.3) is 0 Å². The highest BCUT2D eigenvalue weighted by Gasteiger charge is 2.11. The molecule has 3 N–H and O–H groups in total. The van der Waals surface area contributed by atoms with Crippen molar-refractivity contribution in [1.82, 2.24) is 5.43 Å². The fourth-order valence-corrected chi connectivity index (χ4v) is 3.70. The Kier molecular flexibility index (Phi) is 5.69. The Morgan fingerprint density at radius 1 is 1.21 bits per heavy atom. The van der Waals surface area contributed by atoms with Gasteiger partial charge in [0.2, 0.25) is 0 Å². The van der Waals surface area contributed by atoms with Crippen molar-refractivity contribution in [3.8, 4) is 0 Å². The summed E-state index contributed by atoms with van der Waals surface area (Å²) < 4.78 is 1.11. The summed E-state index contributed by atoms with van der Waals surface area (Å²) in [5.74, 6) is 5.63. The number of hydrogen-bond donors (Lipinski definition) is 2. The minimum atomic E-state index is 0.169. The molecule has 0 amide bonds. The van der Waals surface area contributed by atoms with Crippen LogP contribution in [0.2, 0.25) is 10.0 Å². The smallest absolute Gasteiger partial charge is 0.0595 e. The summed E-state index contributed by atoms with van der Waals surface area (Å²) in [5.41, 5.74) is 3.98. The first-order chi connectivity index (χ1) is 9.08. The van der Waals surface area contributed by atoms with Crippen LogP contribution in [-0.4, -0.2) is 6.04 Å². The van der Waals surface area contributed by atoms with Gasteiger partial charge in [0.25, 0.3) is 0 Å². The Morgan fingerprint density at radius 3 is 2.58 bits per heavy atom. The van der Waals surface area contributed by atoms with Gasteiger partial charge in [-0.1, -0.05) is 29.3 Å². The second kappa shape index (κ2) is 7.07. The largest absolute Gasteiger partial charge is 0.271 e. The highest BCUT2D eigenvalue weighted by Crippen LogP contribution is 2.25. The van der Waals surface area contributed by atoms with Gasteiger partial charge in [-0.25, -0.2) is 0 Å². The number of thiophene rings is 1. The third-order valence-electron chi connectivity index (χ3n) is 2.77.